The van der Waals surface area contributed by atoms with Crippen LogP contribution in [0.2, 0.25) is 0 Å². The first-order chi connectivity index (χ1) is 24.0. The van der Waals surface area contributed by atoms with Crippen LogP contribution in [-0.4, -0.2) is 68.6 Å². The normalized spacial score (nSPS) is 41.6. The standard InChI is InChI=1S/C44H68N2O4S/c1-30(2)33-15-20-44(29-45-23-8-24-46-25-27-51(49,50)28-26-46)22-21-42(6)35(38(33)44)13-14-37-41(5)18-16-34(31-9-11-32(12-10-31)39(47)48)40(3,4)36(41)17-19-43(37,42)7/h9-12,16,30,33,35-38,45H,8,13-15,17-29H2,1-7H3,(H,47,48). The zero-order valence-electron chi connectivity index (χ0n) is 32.9. The van der Waals surface area contributed by atoms with Crippen molar-refractivity contribution < 1.29 is 18.3 Å². The molecule has 9 atom stereocenters. The average molecular weight is 721 g/mol. The van der Waals surface area contributed by atoms with Crippen molar-refractivity contribution in [3.8, 4) is 0 Å². The fourth-order valence-corrected chi connectivity index (χ4v) is 15.7. The molecule has 2 N–H and O–H groups in total. The third-order valence-electron chi connectivity index (χ3n) is 17.3. The smallest absolute Gasteiger partial charge is 0.335 e. The van der Waals surface area contributed by atoms with E-state index in [1.807, 2.05) is 12.1 Å². The second-order valence-electron chi connectivity index (χ2n) is 20.0. The summed E-state index contributed by atoms with van der Waals surface area (Å²) in [6, 6.07) is 7.64. The van der Waals surface area contributed by atoms with Crippen LogP contribution in [-0.2, 0) is 9.84 Å². The summed E-state index contributed by atoms with van der Waals surface area (Å²) < 4.78 is 23.8. The number of carboxylic acid groups (broad SMARTS) is 1. The molecular formula is C44H68N2O4S. The molecule has 4 saturated carbocycles. The number of hydrogen-bond acceptors (Lipinski definition) is 5. The van der Waals surface area contributed by atoms with Crippen molar-refractivity contribution in [2.75, 3.05) is 44.2 Å². The van der Waals surface area contributed by atoms with Crippen molar-refractivity contribution in [3.63, 3.8) is 0 Å². The maximum absolute atomic E-state index is 11.9. The number of allylic oxidation sites excluding steroid dienone is 2. The van der Waals surface area contributed by atoms with Gasteiger partial charge in [-0.2, -0.15) is 0 Å². The molecule has 51 heavy (non-hydrogen) atoms. The van der Waals surface area contributed by atoms with Crippen LogP contribution >= 0.6 is 0 Å². The summed E-state index contributed by atoms with van der Waals surface area (Å²) in [6.07, 6.45) is 15.6. The van der Waals surface area contributed by atoms with Crippen LogP contribution in [0.4, 0.5) is 0 Å². The van der Waals surface area contributed by atoms with Gasteiger partial charge in [0.1, 0.15) is 0 Å². The maximum Gasteiger partial charge on any atom is 0.335 e. The highest BCUT2D eigenvalue weighted by atomic mass is 32.2. The minimum atomic E-state index is -2.82. The summed E-state index contributed by atoms with van der Waals surface area (Å²) in [5, 5.41) is 13.5. The number of nitrogens with zero attached hydrogens (tertiary/aromatic N) is 1. The lowest BCUT2D eigenvalue weighted by Crippen LogP contribution is -2.66. The molecule has 0 amide bonds. The minimum absolute atomic E-state index is 0.0319. The number of carbonyl (C=O) groups is 1. The van der Waals surface area contributed by atoms with Crippen molar-refractivity contribution in [2.45, 2.75) is 113 Å². The molecule has 0 radical (unpaired) electrons. The van der Waals surface area contributed by atoms with Gasteiger partial charge < -0.3 is 15.3 Å². The van der Waals surface area contributed by atoms with Crippen molar-refractivity contribution in [1.82, 2.24) is 10.2 Å². The van der Waals surface area contributed by atoms with E-state index >= 15 is 0 Å². The number of nitrogens with one attached hydrogen (secondary N) is 1. The van der Waals surface area contributed by atoms with Crippen molar-refractivity contribution in [1.29, 1.82) is 0 Å². The number of benzene rings is 1. The molecule has 284 valence electrons. The van der Waals surface area contributed by atoms with Crippen molar-refractivity contribution >= 4 is 21.4 Å². The molecular weight excluding hydrogens is 653 g/mol. The van der Waals surface area contributed by atoms with Crippen LogP contribution in [0, 0.1) is 62.6 Å². The van der Waals surface area contributed by atoms with Gasteiger partial charge in [0.05, 0.1) is 17.1 Å². The molecule has 1 heterocycles. The molecule has 7 rings (SSSR count). The first-order valence-corrected chi connectivity index (χ1v) is 22.5. The van der Waals surface area contributed by atoms with E-state index in [1.54, 1.807) is 12.1 Å². The lowest BCUT2D eigenvalue weighted by molar-refractivity contribution is -0.227. The fraction of sp³-hybridized carbons (Fsp3) is 0.795. The molecule has 7 heteroatoms. The van der Waals surface area contributed by atoms with Crippen LogP contribution in [0.25, 0.3) is 5.57 Å². The monoisotopic (exact) mass is 720 g/mol. The van der Waals surface area contributed by atoms with Crippen LogP contribution in [0.1, 0.15) is 129 Å². The summed E-state index contributed by atoms with van der Waals surface area (Å²) >= 11 is 0. The Kier molecular flexibility index (Phi) is 9.77. The highest BCUT2D eigenvalue weighted by molar-refractivity contribution is 7.91. The molecule has 1 saturated heterocycles. The van der Waals surface area contributed by atoms with Gasteiger partial charge in [-0.3, -0.25) is 0 Å². The third kappa shape index (κ3) is 6.10. The van der Waals surface area contributed by atoms with Crippen molar-refractivity contribution in [2.24, 2.45) is 62.6 Å². The summed E-state index contributed by atoms with van der Waals surface area (Å²) in [4.78, 5) is 13.9. The molecule has 1 aromatic rings. The molecule has 5 aliphatic carbocycles. The fourth-order valence-electron chi connectivity index (χ4n) is 14.5. The van der Waals surface area contributed by atoms with E-state index in [0.717, 1.165) is 56.1 Å². The van der Waals surface area contributed by atoms with Gasteiger partial charge in [0, 0.05) is 19.6 Å². The number of hydrogen-bond donors (Lipinski definition) is 2. The number of carboxylic acids is 1. The summed E-state index contributed by atoms with van der Waals surface area (Å²) in [5.41, 5.74) is 4.34. The van der Waals surface area contributed by atoms with E-state index in [2.05, 4.69) is 64.8 Å². The average Bonchev–Trinajstić information content (AvgIpc) is 3.45. The van der Waals surface area contributed by atoms with Crippen LogP contribution in [0.5, 0.6) is 0 Å². The molecule has 1 aliphatic heterocycles. The predicted octanol–water partition coefficient (Wildman–Crippen LogP) is 8.83. The first kappa shape index (κ1) is 37.6. The number of sulfone groups is 1. The molecule has 6 aliphatic rings. The molecule has 0 aromatic heterocycles. The summed E-state index contributed by atoms with van der Waals surface area (Å²) in [5.74, 6) is 4.22. The molecule has 0 spiro atoms. The highest BCUT2D eigenvalue weighted by Gasteiger charge is 2.70. The Morgan fingerprint density at radius 2 is 1.61 bits per heavy atom. The van der Waals surface area contributed by atoms with E-state index in [1.165, 1.54) is 62.5 Å². The molecule has 9 unspecified atom stereocenters. The quantitative estimate of drug-likeness (QED) is 0.248. The number of fused-ring (bicyclic) bond motifs is 7. The largest absolute Gasteiger partial charge is 0.478 e. The maximum atomic E-state index is 11.9. The lowest BCUT2D eigenvalue weighted by Gasteiger charge is -2.72. The van der Waals surface area contributed by atoms with E-state index < -0.39 is 15.8 Å². The van der Waals surface area contributed by atoms with Gasteiger partial charge in [0.25, 0.3) is 0 Å². The van der Waals surface area contributed by atoms with Gasteiger partial charge >= 0.3 is 5.97 Å². The van der Waals surface area contributed by atoms with E-state index in [4.69, 9.17) is 0 Å². The van der Waals surface area contributed by atoms with Gasteiger partial charge in [-0.15, -0.1) is 0 Å². The molecule has 6 nitrogen and oxygen atoms in total. The Labute approximate surface area is 309 Å². The topological polar surface area (TPSA) is 86.7 Å². The molecule has 5 fully saturated rings. The zero-order chi connectivity index (χ0) is 36.6. The summed E-state index contributed by atoms with van der Waals surface area (Å²) in [7, 11) is -2.82. The van der Waals surface area contributed by atoms with Crippen LogP contribution < -0.4 is 5.32 Å². The van der Waals surface area contributed by atoms with Gasteiger partial charge in [0.2, 0.25) is 0 Å². The minimum Gasteiger partial charge on any atom is -0.478 e. The van der Waals surface area contributed by atoms with Crippen LogP contribution in [0.15, 0.2) is 30.3 Å². The number of rotatable bonds is 9. The Morgan fingerprint density at radius 1 is 0.902 bits per heavy atom. The first-order valence-electron chi connectivity index (χ1n) is 20.7. The Morgan fingerprint density at radius 3 is 2.27 bits per heavy atom. The van der Waals surface area contributed by atoms with E-state index in [0.29, 0.717) is 58.2 Å². The molecule has 0 bridgehead atoms. The van der Waals surface area contributed by atoms with E-state index in [-0.39, 0.29) is 10.8 Å². The zero-order valence-corrected chi connectivity index (χ0v) is 33.7. The van der Waals surface area contributed by atoms with E-state index in [9.17, 15) is 18.3 Å². The van der Waals surface area contributed by atoms with Gasteiger partial charge in [-0.05, 0) is 163 Å². The second kappa shape index (κ2) is 13.3. The predicted molar refractivity (Wildman–Crippen MR) is 208 cm³/mol. The highest BCUT2D eigenvalue weighted by Crippen LogP contribution is 2.77. The second-order valence-corrected chi connectivity index (χ2v) is 22.3. The Hall–Kier alpha value is -1.70. The van der Waals surface area contributed by atoms with Gasteiger partial charge in [-0.1, -0.05) is 66.7 Å². The van der Waals surface area contributed by atoms with Gasteiger partial charge in [0.15, 0.2) is 9.84 Å². The Balaban J connectivity index is 1.09. The molecule has 1 aromatic carbocycles. The van der Waals surface area contributed by atoms with Crippen molar-refractivity contribution in [3.05, 3.63) is 41.5 Å². The lowest BCUT2D eigenvalue weighted by atomic mass is 9.32. The van der Waals surface area contributed by atoms with Gasteiger partial charge in [-0.25, -0.2) is 13.2 Å². The Bertz CT molecular complexity index is 1600. The van der Waals surface area contributed by atoms with Crippen LogP contribution in [0.3, 0.4) is 0 Å². The third-order valence-corrected chi connectivity index (χ3v) is 18.9. The summed E-state index contributed by atoms with van der Waals surface area (Å²) in [6.45, 7) is 22.7. The SMILES string of the molecule is CC(C)C1CCC2(CNCCCN3CCS(=O)(=O)CC3)CCC3(C)C(CCC4C5(C)CC=C(c6ccc(C(=O)O)cc6)C(C)(C)C5CCC43C)C12. The number of aromatic carboxylic acids is 1.